The number of hydrogen-bond acceptors (Lipinski definition) is 7. The van der Waals surface area contributed by atoms with Crippen LogP contribution in [0, 0.1) is 5.41 Å². The van der Waals surface area contributed by atoms with Crippen molar-refractivity contribution in [3.8, 4) is 0 Å². The van der Waals surface area contributed by atoms with E-state index in [1.165, 1.54) is 12.8 Å². The first kappa shape index (κ1) is 27.6. The third-order valence-corrected chi connectivity index (χ3v) is 7.05. The van der Waals surface area contributed by atoms with Gasteiger partial charge < -0.3 is 14.5 Å². The zero-order valence-corrected chi connectivity index (χ0v) is 22.3. The molecule has 3 saturated heterocycles. The molecule has 0 saturated carbocycles. The van der Waals surface area contributed by atoms with E-state index in [0.717, 1.165) is 24.5 Å². The number of ether oxygens (including phenoxy) is 1. The molecule has 36 heavy (non-hydrogen) atoms. The van der Waals surface area contributed by atoms with Gasteiger partial charge >= 0.3 is 5.97 Å². The van der Waals surface area contributed by atoms with E-state index in [-0.39, 0.29) is 29.6 Å². The number of carbonyl (C=O) groups excluding carboxylic acids is 4. The second kappa shape index (κ2) is 11.4. The molecule has 1 atom stereocenters. The minimum atomic E-state index is -0.447. The molecule has 9 heteroatoms. The first-order chi connectivity index (χ1) is 16.9. The lowest BCUT2D eigenvalue weighted by Gasteiger charge is -2.38. The standard InChI is InChI=1S/C14H17N3O2.C13H23NO3/c18-13-6-4-11(14(19)16-13)10-3-5-12(15-9-10)17-7-1-2-8-17;1-10(15)14-8-6-13(5,7-9-14)11(16)17-12(2,3)4/h3,5,9,11H,1-2,4,6-8H2,(H,16,18,19);6-9H2,1-5H3. The average Bonchev–Trinajstić information content (AvgIpc) is 3.34. The van der Waals surface area contributed by atoms with Crippen LogP contribution in [-0.4, -0.2) is 65.4 Å². The van der Waals surface area contributed by atoms with E-state index < -0.39 is 11.0 Å². The van der Waals surface area contributed by atoms with Crippen LogP contribution in [0.3, 0.4) is 0 Å². The predicted molar refractivity (Wildman–Crippen MR) is 136 cm³/mol. The Labute approximate surface area is 213 Å². The van der Waals surface area contributed by atoms with E-state index >= 15 is 0 Å². The van der Waals surface area contributed by atoms with Crippen LogP contribution in [0.5, 0.6) is 0 Å². The van der Waals surface area contributed by atoms with Crippen molar-refractivity contribution in [3.63, 3.8) is 0 Å². The quantitative estimate of drug-likeness (QED) is 0.501. The van der Waals surface area contributed by atoms with E-state index in [4.69, 9.17) is 4.74 Å². The molecule has 1 aromatic heterocycles. The van der Waals surface area contributed by atoms with Crippen LogP contribution < -0.4 is 10.2 Å². The molecule has 1 aromatic rings. The smallest absolute Gasteiger partial charge is 0.312 e. The Kier molecular flexibility index (Phi) is 8.74. The number of nitrogens with one attached hydrogen (secondary N) is 1. The molecule has 3 amide bonds. The number of hydrogen-bond donors (Lipinski definition) is 1. The summed E-state index contributed by atoms with van der Waals surface area (Å²) in [6.07, 6.45) is 6.56. The summed E-state index contributed by atoms with van der Waals surface area (Å²) < 4.78 is 5.43. The summed E-state index contributed by atoms with van der Waals surface area (Å²) in [5, 5.41) is 2.38. The Morgan fingerprint density at radius 2 is 1.72 bits per heavy atom. The first-order valence-corrected chi connectivity index (χ1v) is 12.9. The van der Waals surface area contributed by atoms with Gasteiger partial charge in [0, 0.05) is 45.7 Å². The topological polar surface area (TPSA) is 109 Å². The van der Waals surface area contributed by atoms with Crippen molar-refractivity contribution < 1.29 is 23.9 Å². The number of imide groups is 1. The second-order valence-corrected chi connectivity index (χ2v) is 11.2. The van der Waals surface area contributed by atoms with E-state index in [9.17, 15) is 19.2 Å². The SMILES string of the molecule is CC(=O)N1CCC(C)(C(=O)OC(C)(C)C)CC1.O=C1CCC(c2ccc(N3CCCC3)nc2)C(=O)N1. The van der Waals surface area contributed by atoms with Gasteiger partial charge in [0.15, 0.2) is 0 Å². The van der Waals surface area contributed by atoms with Crippen molar-refractivity contribution in [3.05, 3.63) is 23.9 Å². The van der Waals surface area contributed by atoms with Gasteiger partial charge in [-0.3, -0.25) is 24.5 Å². The fourth-order valence-electron chi connectivity index (χ4n) is 4.67. The third-order valence-electron chi connectivity index (χ3n) is 7.05. The van der Waals surface area contributed by atoms with Gasteiger partial charge in [-0.05, 0) is 71.4 Å². The normalized spacial score (nSPS) is 21.9. The zero-order valence-electron chi connectivity index (χ0n) is 22.3. The lowest BCUT2D eigenvalue weighted by Crippen LogP contribution is -2.46. The molecule has 0 aromatic carbocycles. The highest BCUT2D eigenvalue weighted by molar-refractivity contribution is 6.00. The molecule has 3 aliphatic rings. The number of nitrogens with zero attached hydrogens (tertiary/aromatic N) is 3. The Bertz CT molecular complexity index is 955. The third kappa shape index (κ3) is 7.27. The fraction of sp³-hybridized carbons (Fsp3) is 0.667. The molecule has 0 aliphatic carbocycles. The van der Waals surface area contributed by atoms with Crippen LogP contribution in [0.4, 0.5) is 5.82 Å². The summed E-state index contributed by atoms with van der Waals surface area (Å²) in [6, 6.07) is 3.94. The van der Waals surface area contributed by atoms with E-state index in [1.807, 2.05) is 39.8 Å². The Morgan fingerprint density at radius 3 is 2.22 bits per heavy atom. The van der Waals surface area contributed by atoms with Crippen molar-refractivity contribution >= 4 is 29.5 Å². The maximum absolute atomic E-state index is 12.1. The van der Waals surface area contributed by atoms with Gasteiger partial charge in [0.1, 0.15) is 11.4 Å². The number of rotatable bonds is 3. The monoisotopic (exact) mass is 500 g/mol. The van der Waals surface area contributed by atoms with E-state index in [1.54, 1.807) is 18.0 Å². The maximum Gasteiger partial charge on any atom is 0.312 e. The van der Waals surface area contributed by atoms with Gasteiger partial charge in [-0.25, -0.2) is 4.98 Å². The van der Waals surface area contributed by atoms with Crippen molar-refractivity contribution in [2.45, 2.75) is 84.7 Å². The fourth-order valence-corrected chi connectivity index (χ4v) is 4.67. The molecule has 1 unspecified atom stereocenters. The second-order valence-electron chi connectivity index (χ2n) is 11.2. The largest absolute Gasteiger partial charge is 0.460 e. The van der Waals surface area contributed by atoms with E-state index in [2.05, 4.69) is 15.2 Å². The number of aromatic nitrogens is 1. The van der Waals surface area contributed by atoms with Gasteiger partial charge in [-0.15, -0.1) is 0 Å². The molecule has 9 nitrogen and oxygen atoms in total. The maximum atomic E-state index is 12.1. The summed E-state index contributed by atoms with van der Waals surface area (Å²) in [6.45, 7) is 12.5. The summed E-state index contributed by atoms with van der Waals surface area (Å²) >= 11 is 0. The number of likely N-dealkylation sites (tertiary alicyclic amines) is 1. The minimum absolute atomic E-state index is 0.0799. The van der Waals surface area contributed by atoms with Crippen molar-refractivity contribution in [2.75, 3.05) is 31.1 Å². The van der Waals surface area contributed by atoms with Gasteiger partial charge in [0.05, 0.1) is 11.3 Å². The molecule has 3 fully saturated rings. The molecule has 1 N–H and O–H groups in total. The van der Waals surface area contributed by atoms with Crippen molar-refractivity contribution in [1.29, 1.82) is 0 Å². The lowest BCUT2D eigenvalue weighted by molar-refractivity contribution is -0.170. The average molecular weight is 501 g/mol. The Balaban J connectivity index is 0.000000202. The van der Waals surface area contributed by atoms with Gasteiger partial charge in [-0.1, -0.05) is 6.07 Å². The molecular weight excluding hydrogens is 460 g/mol. The van der Waals surface area contributed by atoms with Crippen LogP contribution >= 0.6 is 0 Å². The van der Waals surface area contributed by atoms with Gasteiger partial charge in [-0.2, -0.15) is 0 Å². The summed E-state index contributed by atoms with van der Waals surface area (Å²) in [5.41, 5.74) is 0.00442. The number of anilines is 1. The molecule has 3 aliphatic heterocycles. The highest BCUT2D eigenvalue weighted by atomic mass is 16.6. The molecule has 0 radical (unpaired) electrons. The number of pyridine rings is 1. The van der Waals surface area contributed by atoms with Gasteiger partial charge in [0.2, 0.25) is 17.7 Å². The number of piperidine rings is 2. The van der Waals surface area contributed by atoms with Crippen molar-refractivity contribution in [1.82, 2.24) is 15.2 Å². The Hall–Kier alpha value is -2.97. The number of carbonyl (C=O) groups is 4. The summed E-state index contributed by atoms with van der Waals surface area (Å²) in [5.74, 6) is 0.297. The summed E-state index contributed by atoms with van der Waals surface area (Å²) in [4.78, 5) is 54.7. The molecule has 4 rings (SSSR count). The molecule has 0 bridgehead atoms. The molecule has 198 valence electrons. The zero-order chi connectivity index (χ0) is 26.5. The number of esters is 1. The molecule has 0 spiro atoms. The van der Waals surface area contributed by atoms with Crippen molar-refractivity contribution in [2.24, 2.45) is 5.41 Å². The van der Waals surface area contributed by atoms with Gasteiger partial charge in [0.25, 0.3) is 0 Å². The molecule has 4 heterocycles. The Morgan fingerprint density at radius 1 is 1.08 bits per heavy atom. The van der Waals surface area contributed by atoms with E-state index in [0.29, 0.717) is 38.8 Å². The lowest BCUT2D eigenvalue weighted by atomic mass is 9.80. The molecular formula is C27H40N4O5. The van der Waals surface area contributed by atoms with Crippen LogP contribution in [0.25, 0.3) is 0 Å². The minimum Gasteiger partial charge on any atom is -0.460 e. The summed E-state index contributed by atoms with van der Waals surface area (Å²) in [7, 11) is 0. The van der Waals surface area contributed by atoms with Crippen LogP contribution in [0.2, 0.25) is 0 Å². The first-order valence-electron chi connectivity index (χ1n) is 12.9. The highest BCUT2D eigenvalue weighted by Crippen LogP contribution is 2.33. The van der Waals surface area contributed by atoms with Crippen LogP contribution in [-0.2, 0) is 23.9 Å². The predicted octanol–water partition coefficient (Wildman–Crippen LogP) is 3.18. The van der Waals surface area contributed by atoms with Crippen LogP contribution in [0.1, 0.15) is 84.6 Å². The van der Waals surface area contributed by atoms with Crippen LogP contribution in [0.15, 0.2) is 18.3 Å². The number of amides is 3. The highest BCUT2D eigenvalue weighted by Gasteiger charge is 2.40.